The fourth-order valence-corrected chi connectivity index (χ4v) is 4.09. The molecular formula is C14H20BrN3S. The average molecular weight is 342 g/mol. The van der Waals surface area contributed by atoms with Gasteiger partial charge in [-0.1, -0.05) is 13.8 Å². The van der Waals surface area contributed by atoms with Gasteiger partial charge in [0.1, 0.15) is 0 Å². The van der Waals surface area contributed by atoms with Crippen molar-refractivity contribution in [3.8, 4) is 0 Å². The number of halogens is 1. The molecule has 0 aliphatic carbocycles. The van der Waals surface area contributed by atoms with Crippen molar-refractivity contribution >= 4 is 27.3 Å². The Morgan fingerprint density at radius 1 is 1.42 bits per heavy atom. The van der Waals surface area contributed by atoms with Gasteiger partial charge < -0.3 is 5.73 Å². The number of aromatic nitrogens is 2. The summed E-state index contributed by atoms with van der Waals surface area (Å²) < 4.78 is 3.06. The number of aryl methyl sites for hydroxylation is 3. The molecule has 2 rings (SSSR count). The molecule has 1 unspecified atom stereocenters. The van der Waals surface area contributed by atoms with Crippen molar-refractivity contribution in [1.82, 2.24) is 9.78 Å². The second kappa shape index (κ2) is 6.20. The van der Waals surface area contributed by atoms with E-state index in [0.29, 0.717) is 0 Å². The van der Waals surface area contributed by atoms with E-state index < -0.39 is 0 Å². The lowest BCUT2D eigenvalue weighted by molar-refractivity contribution is 0.640. The summed E-state index contributed by atoms with van der Waals surface area (Å²) in [6, 6.07) is 2.22. The Hall–Kier alpha value is -0.650. The third-order valence-electron chi connectivity index (χ3n) is 3.41. The molecule has 0 spiro atoms. The van der Waals surface area contributed by atoms with Crippen molar-refractivity contribution in [3.63, 3.8) is 0 Å². The van der Waals surface area contributed by atoms with E-state index in [0.717, 1.165) is 29.4 Å². The molecule has 0 bridgehead atoms. The molecule has 1 atom stereocenters. The molecular weight excluding hydrogens is 322 g/mol. The van der Waals surface area contributed by atoms with Gasteiger partial charge in [0.25, 0.3) is 0 Å². The molecule has 0 radical (unpaired) electrons. The second-order valence-corrected chi connectivity index (χ2v) is 6.40. The lowest BCUT2D eigenvalue weighted by Gasteiger charge is -2.12. The topological polar surface area (TPSA) is 43.8 Å². The number of nitrogens with zero attached hydrogens (tertiary/aromatic N) is 2. The first kappa shape index (κ1) is 14.8. The van der Waals surface area contributed by atoms with E-state index in [9.17, 15) is 0 Å². The number of hydrogen-bond acceptors (Lipinski definition) is 3. The molecule has 0 saturated heterocycles. The predicted octanol–water partition coefficient (Wildman–Crippen LogP) is 3.61. The summed E-state index contributed by atoms with van der Waals surface area (Å²) in [5, 5.41) is 6.65. The molecule has 2 aromatic rings. The smallest absolute Gasteiger partial charge is 0.0766 e. The second-order valence-electron chi connectivity index (χ2n) is 4.66. The highest BCUT2D eigenvalue weighted by Crippen LogP contribution is 2.29. The van der Waals surface area contributed by atoms with E-state index in [1.165, 1.54) is 16.1 Å². The van der Waals surface area contributed by atoms with Crippen LogP contribution in [0, 0.1) is 0 Å². The lowest BCUT2D eigenvalue weighted by Crippen LogP contribution is -2.15. The molecule has 2 aromatic heterocycles. The van der Waals surface area contributed by atoms with Crippen molar-refractivity contribution in [2.24, 2.45) is 12.8 Å². The van der Waals surface area contributed by atoms with Crippen LogP contribution in [0.5, 0.6) is 0 Å². The van der Waals surface area contributed by atoms with Gasteiger partial charge in [-0.2, -0.15) is 5.10 Å². The molecule has 0 aromatic carbocycles. The molecule has 0 amide bonds. The Bertz CT molecular complexity index is 559. The van der Waals surface area contributed by atoms with E-state index in [4.69, 9.17) is 5.73 Å². The predicted molar refractivity (Wildman–Crippen MR) is 84.6 cm³/mol. The molecule has 104 valence electrons. The van der Waals surface area contributed by atoms with Gasteiger partial charge in [-0.25, -0.2) is 0 Å². The first-order chi connectivity index (χ1) is 9.08. The minimum absolute atomic E-state index is 0.0476. The van der Waals surface area contributed by atoms with Crippen molar-refractivity contribution in [1.29, 1.82) is 0 Å². The zero-order valence-electron chi connectivity index (χ0n) is 11.6. The van der Waals surface area contributed by atoms with Gasteiger partial charge in [-0.15, -0.1) is 11.3 Å². The van der Waals surface area contributed by atoms with Gasteiger partial charge in [0, 0.05) is 24.4 Å². The van der Waals surface area contributed by atoms with Crippen molar-refractivity contribution in [3.05, 3.63) is 37.7 Å². The standard InChI is InChI=1S/C14H20BrN3S/c1-4-9-6-7-19-14(9)10(16)8-12-13(15)11(5-2)17-18(12)3/h6-7,10H,4-5,8,16H2,1-3H3. The van der Waals surface area contributed by atoms with E-state index in [1.54, 1.807) is 11.3 Å². The highest BCUT2D eigenvalue weighted by atomic mass is 79.9. The Balaban J connectivity index is 2.24. The van der Waals surface area contributed by atoms with Crippen LogP contribution in [-0.4, -0.2) is 9.78 Å². The van der Waals surface area contributed by atoms with Gasteiger partial charge in [0.2, 0.25) is 0 Å². The number of rotatable bonds is 5. The molecule has 2 N–H and O–H groups in total. The van der Waals surface area contributed by atoms with E-state index in [-0.39, 0.29) is 6.04 Å². The van der Waals surface area contributed by atoms with Crippen LogP contribution < -0.4 is 5.73 Å². The fraction of sp³-hybridized carbons (Fsp3) is 0.500. The molecule has 2 heterocycles. The van der Waals surface area contributed by atoms with E-state index in [2.05, 4.69) is 46.3 Å². The van der Waals surface area contributed by atoms with Crippen LogP contribution in [0.15, 0.2) is 15.9 Å². The highest BCUT2D eigenvalue weighted by Gasteiger charge is 2.18. The maximum absolute atomic E-state index is 6.38. The zero-order chi connectivity index (χ0) is 14.0. The minimum atomic E-state index is 0.0476. The first-order valence-electron chi connectivity index (χ1n) is 6.60. The SMILES string of the molecule is CCc1ccsc1C(N)Cc1c(Br)c(CC)nn1C. The summed E-state index contributed by atoms with van der Waals surface area (Å²) >= 11 is 5.41. The van der Waals surface area contributed by atoms with Crippen molar-refractivity contribution < 1.29 is 0 Å². The molecule has 0 fully saturated rings. The van der Waals surface area contributed by atoms with Gasteiger partial charge in [0.15, 0.2) is 0 Å². The first-order valence-corrected chi connectivity index (χ1v) is 8.27. The molecule has 19 heavy (non-hydrogen) atoms. The largest absolute Gasteiger partial charge is 0.323 e. The summed E-state index contributed by atoms with van der Waals surface area (Å²) in [6.45, 7) is 4.29. The lowest BCUT2D eigenvalue weighted by atomic mass is 10.1. The third kappa shape index (κ3) is 2.93. The van der Waals surface area contributed by atoms with Crippen LogP contribution >= 0.6 is 27.3 Å². The summed E-state index contributed by atoms with van der Waals surface area (Å²) in [5.74, 6) is 0. The fourth-order valence-electron chi connectivity index (χ4n) is 2.31. The van der Waals surface area contributed by atoms with Crippen molar-refractivity contribution in [2.75, 3.05) is 0 Å². The normalized spacial score (nSPS) is 12.9. The molecule has 3 nitrogen and oxygen atoms in total. The average Bonchev–Trinajstić information content (AvgIpc) is 2.97. The van der Waals surface area contributed by atoms with Crippen LogP contribution in [0.1, 0.15) is 41.7 Å². The Morgan fingerprint density at radius 3 is 2.74 bits per heavy atom. The Kier molecular flexibility index (Phi) is 4.81. The van der Waals surface area contributed by atoms with E-state index >= 15 is 0 Å². The minimum Gasteiger partial charge on any atom is -0.323 e. The monoisotopic (exact) mass is 341 g/mol. The highest BCUT2D eigenvalue weighted by molar-refractivity contribution is 9.10. The number of thiophene rings is 1. The van der Waals surface area contributed by atoms with Gasteiger partial charge in [-0.05, 0) is 45.8 Å². The molecule has 0 aliphatic rings. The van der Waals surface area contributed by atoms with Gasteiger partial charge in [-0.3, -0.25) is 4.68 Å². The van der Waals surface area contributed by atoms with Gasteiger partial charge in [0.05, 0.1) is 15.9 Å². The van der Waals surface area contributed by atoms with Crippen LogP contribution in [-0.2, 0) is 26.3 Å². The van der Waals surface area contributed by atoms with Crippen LogP contribution in [0.3, 0.4) is 0 Å². The number of hydrogen-bond donors (Lipinski definition) is 1. The summed E-state index contributed by atoms with van der Waals surface area (Å²) in [4.78, 5) is 1.30. The molecule has 0 saturated carbocycles. The maximum atomic E-state index is 6.38. The van der Waals surface area contributed by atoms with Crippen molar-refractivity contribution in [2.45, 2.75) is 39.2 Å². The van der Waals surface area contributed by atoms with Gasteiger partial charge >= 0.3 is 0 Å². The molecule has 5 heteroatoms. The summed E-state index contributed by atoms with van der Waals surface area (Å²) in [6.07, 6.45) is 2.79. The zero-order valence-corrected chi connectivity index (χ0v) is 14.0. The summed E-state index contributed by atoms with van der Waals surface area (Å²) in [5.41, 5.74) is 10.0. The summed E-state index contributed by atoms with van der Waals surface area (Å²) in [7, 11) is 1.99. The van der Waals surface area contributed by atoms with E-state index in [1.807, 2.05) is 11.7 Å². The van der Waals surface area contributed by atoms with Crippen LogP contribution in [0.25, 0.3) is 0 Å². The maximum Gasteiger partial charge on any atom is 0.0766 e. The molecule has 0 aliphatic heterocycles. The Labute approximate surface area is 126 Å². The Morgan fingerprint density at radius 2 is 2.16 bits per heavy atom. The number of nitrogens with two attached hydrogens (primary N) is 1. The third-order valence-corrected chi connectivity index (χ3v) is 5.42. The van der Waals surface area contributed by atoms with Crippen LogP contribution in [0.2, 0.25) is 0 Å². The quantitative estimate of drug-likeness (QED) is 0.902. The van der Waals surface area contributed by atoms with Crippen LogP contribution in [0.4, 0.5) is 0 Å².